The number of methoxy groups -OCH3 is 2. The van der Waals surface area contributed by atoms with Gasteiger partial charge in [0.15, 0.2) is 11.5 Å². The summed E-state index contributed by atoms with van der Waals surface area (Å²) in [6, 6.07) is 12.3. The summed E-state index contributed by atoms with van der Waals surface area (Å²) in [4.78, 5) is 2.19. The molecule has 0 radical (unpaired) electrons. The van der Waals surface area contributed by atoms with Crippen molar-refractivity contribution < 1.29 is 19.0 Å². The molecule has 0 bridgehead atoms. The van der Waals surface area contributed by atoms with E-state index < -0.39 is 6.10 Å². The maximum Gasteiger partial charge on any atom is 0.165 e. The van der Waals surface area contributed by atoms with Gasteiger partial charge in [0, 0.05) is 24.7 Å². The van der Waals surface area contributed by atoms with Gasteiger partial charge in [-0.25, -0.2) is 4.39 Å². The van der Waals surface area contributed by atoms with Gasteiger partial charge in [-0.2, -0.15) is 0 Å². The van der Waals surface area contributed by atoms with Gasteiger partial charge in [-0.3, -0.25) is 4.90 Å². The molecule has 1 heterocycles. The molecule has 3 rings (SSSR count). The highest BCUT2D eigenvalue weighted by Gasteiger charge is 2.32. The van der Waals surface area contributed by atoms with Gasteiger partial charge < -0.3 is 14.6 Å². The molecule has 4 nitrogen and oxygen atoms in total. The van der Waals surface area contributed by atoms with Crippen LogP contribution in [0.3, 0.4) is 0 Å². The van der Waals surface area contributed by atoms with E-state index in [0.717, 1.165) is 11.1 Å². The monoisotopic (exact) mass is 331 g/mol. The van der Waals surface area contributed by atoms with Crippen molar-refractivity contribution in [3.8, 4) is 11.5 Å². The highest BCUT2D eigenvalue weighted by atomic mass is 19.1. The van der Waals surface area contributed by atoms with Crippen LogP contribution < -0.4 is 9.47 Å². The Kier molecular flexibility index (Phi) is 5.02. The molecule has 128 valence electrons. The van der Waals surface area contributed by atoms with Gasteiger partial charge in [0.25, 0.3) is 0 Å². The summed E-state index contributed by atoms with van der Waals surface area (Å²) in [5, 5.41) is 10.1. The Morgan fingerprint density at radius 2 is 1.88 bits per heavy atom. The fourth-order valence-corrected chi connectivity index (χ4v) is 3.38. The molecule has 24 heavy (non-hydrogen) atoms. The molecule has 1 aliphatic heterocycles. The number of ether oxygens (including phenoxy) is 2. The summed E-state index contributed by atoms with van der Waals surface area (Å²) in [6.07, 6.45) is 0.245. The van der Waals surface area contributed by atoms with Crippen LogP contribution in [-0.2, 0) is 6.54 Å². The zero-order valence-electron chi connectivity index (χ0n) is 13.9. The normalized spacial score (nSPS) is 21.0. The van der Waals surface area contributed by atoms with Crippen molar-refractivity contribution >= 4 is 0 Å². The van der Waals surface area contributed by atoms with Gasteiger partial charge in [-0.05, 0) is 30.2 Å². The van der Waals surface area contributed by atoms with Crippen LogP contribution in [0.25, 0.3) is 0 Å². The Balaban J connectivity index is 1.86. The van der Waals surface area contributed by atoms with Gasteiger partial charge in [0.05, 0.1) is 20.3 Å². The molecule has 5 heteroatoms. The number of aliphatic hydroxyl groups is 1. The van der Waals surface area contributed by atoms with E-state index in [1.165, 1.54) is 12.1 Å². The van der Waals surface area contributed by atoms with Crippen molar-refractivity contribution in [3.05, 3.63) is 59.4 Å². The standard InChI is InChI=1S/C19H22FNO3/c1-23-18-5-3-4-14(19(18)24-2)11-21-12-16(22)10-17(21)13-6-8-15(20)9-7-13/h3-9,16-17,22H,10-12H2,1-2H3/t16-,17+/m0/s1. The molecular weight excluding hydrogens is 309 g/mol. The van der Waals surface area contributed by atoms with Gasteiger partial charge in [-0.1, -0.05) is 24.3 Å². The number of rotatable bonds is 5. The van der Waals surface area contributed by atoms with E-state index in [9.17, 15) is 9.50 Å². The van der Waals surface area contributed by atoms with E-state index >= 15 is 0 Å². The summed E-state index contributed by atoms with van der Waals surface area (Å²) in [5.74, 6) is 1.14. The van der Waals surface area contributed by atoms with Gasteiger partial charge in [-0.15, -0.1) is 0 Å². The lowest BCUT2D eigenvalue weighted by Crippen LogP contribution is -2.24. The number of β-amino-alcohol motifs (C(OH)–C–C–N with tert-alkyl or cyclic N) is 1. The lowest BCUT2D eigenvalue weighted by atomic mass is 10.0. The second-order valence-corrected chi connectivity index (χ2v) is 6.04. The summed E-state index contributed by atoms with van der Waals surface area (Å²) < 4.78 is 24.0. The molecule has 1 N–H and O–H groups in total. The van der Waals surface area contributed by atoms with Crippen LogP contribution >= 0.6 is 0 Å². The fourth-order valence-electron chi connectivity index (χ4n) is 3.38. The minimum Gasteiger partial charge on any atom is -0.493 e. The first-order valence-corrected chi connectivity index (χ1v) is 7.99. The predicted molar refractivity (Wildman–Crippen MR) is 89.7 cm³/mol. The Hall–Kier alpha value is -2.11. The molecule has 0 spiro atoms. The Labute approximate surface area is 141 Å². The summed E-state index contributed by atoms with van der Waals surface area (Å²) in [5.41, 5.74) is 2.01. The minimum atomic E-state index is -0.392. The zero-order chi connectivity index (χ0) is 17.1. The Morgan fingerprint density at radius 3 is 2.54 bits per heavy atom. The van der Waals surface area contributed by atoms with Gasteiger partial charge >= 0.3 is 0 Å². The smallest absolute Gasteiger partial charge is 0.165 e. The SMILES string of the molecule is COc1cccc(CN2C[C@@H](O)C[C@@H]2c2ccc(F)cc2)c1OC. The third-order valence-corrected chi connectivity index (χ3v) is 4.49. The Bertz CT molecular complexity index is 690. The van der Waals surface area contributed by atoms with E-state index in [1.807, 2.05) is 18.2 Å². The molecule has 2 aromatic carbocycles. The quantitative estimate of drug-likeness (QED) is 0.914. The summed E-state index contributed by atoms with van der Waals surface area (Å²) in [6.45, 7) is 1.20. The zero-order valence-corrected chi connectivity index (χ0v) is 13.9. The maximum absolute atomic E-state index is 13.2. The molecule has 2 aromatic rings. The number of para-hydroxylation sites is 1. The number of hydrogen-bond acceptors (Lipinski definition) is 4. The number of aliphatic hydroxyl groups excluding tert-OH is 1. The third kappa shape index (κ3) is 3.37. The van der Waals surface area contributed by atoms with E-state index in [1.54, 1.807) is 26.4 Å². The minimum absolute atomic E-state index is 0.0523. The molecule has 1 saturated heterocycles. The Morgan fingerprint density at radius 1 is 1.12 bits per heavy atom. The second-order valence-electron chi connectivity index (χ2n) is 6.04. The molecule has 1 aliphatic rings. The average molecular weight is 331 g/mol. The van der Waals surface area contributed by atoms with Crippen LogP contribution in [0, 0.1) is 5.82 Å². The number of nitrogens with zero attached hydrogens (tertiary/aromatic N) is 1. The largest absolute Gasteiger partial charge is 0.493 e. The fraction of sp³-hybridized carbons (Fsp3) is 0.368. The average Bonchev–Trinajstić information content (AvgIpc) is 2.95. The van der Waals surface area contributed by atoms with Crippen molar-refractivity contribution in [2.75, 3.05) is 20.8 Å². The van der Waals surface area contributed by atoms with Crippen molar-refractivity contribution in [2.45, 2.75) is 25.1 Å². The first-order chi connectivity index (χ1) is 11.6. The highest BCUT2D eigenvalue weighted by Crippen LogP contribution is 2.37. The lowest BCUT2D eigenvalue weighted by Gasteiger charge is -2.25. The van der Waals surface area contributed by atoms with Crippen LogP contribution in [0.2, 0.25) is 0 Å². The van der Waals surface area contributed by atoms with E-state index in [4.69, 9.17) is 9.47 Å². The predicted octanol–water partition coefficient (Wildman–Crippen LogP) is 3.15. The van der Waals surface area contributed by atoms with E-state index in [0.29, 0.717) is 31.0 Å². The van der Waals surface area contributed by atoms with Crippen molar-refractivity contribution in [2.24, 2.45) is 0 Å². The molecule has 0 aromatic heterocycles. The molecule has 0 amide bonds. The van der Waals surface area contributed by atoms with E-state index in [-0.39, 0.29) is 11.9 Å². The first-order valence-electron chi connectivity index (χ1n) is 7.99. The number of halogens is 1. The highest BCUT2D eigenvalue weighted by molar-refractivity contribution is 5.46. The molecule has 1 fully saturated rings. The van der Waals surface area contributed by atoms with Crippen molar-refractivity contribution in [1.82, 2.24) is 4.90 Å². The molecule has 0 aliphatic carbocycles. The van der Waals surface area contributed by atoms with Crippen molar-refractivity contribution in [1.29, 1.82) is 0 Å². The van der Waals surface area contributed by atoms with Gasteiger partial charge in [0.2, 0.25) is 0 Å². The number of hydrogen-bond donors (Lipinski definition) is 1. The molecule has 0 unspecified atom stereocenters. The van der Waals surface area contributed by atoms with Crippen LogP contribution in [0.1, 0.15) is 23.6 Å². The molecular formula is C19H22FNO3. The number of likely N-dealkylation sites (tertiary alicyclic amines) is 1. The topological polar surface area (TPSA) is 41.9 Å². The van der Waals surface area contributed by atoms with Crippen LogP contribution in [0.4, 0.5) is 4.39 Å². The molecule has 2 atom stereocenters. The summed E-state index contributed by atoms with van der Waals surface area (Å²) in [7, 11) is 3.24. The summed E-state index contributed by atoms with van der Waals surface area (Å²) >= 11 is 0. The van der Waals surface area contributed by atoms with E-state index in [2.05, 4.69) is 4.90 Å². The molecule has 0 saturated carbocycles. The van der Waals surface area contributed by atoms with Crippen LogP contribution in [-0.4, -0.2) is 36.9 Å². The van der Waals surface area contributed by atoms with Gasteiger partial charge in [0.1, 0.15) is 5.82 Å². The maximum atomic E-state index is 13.2. The van der Waals surface area contributed by atoms with Crippen molar-refractivity contribution in [3.63, 3.8) is 0 Å². The lowest BCUT2D eigenvalue weighted by molar-refractivity contribution is 0.172. The second kappa shape index (κ2) is 7.20. The van der Waals surface area contributed by atoms with Crippen LogP contribution in [0.15, 0.2) is 42.5 Å². The number of benzene rings is 2. The first kappa shape index (κ1) is 16.7. The van der Waals surface area contributed by atoms with Crippen LogP contribution in [0.5, 0.6) is 11.5 Å². The third-order valence-electron chi connectivity index (χ3n) is 4.49.